The Morgan fingerprint density at radius 2 is 1.44 bits per heavy atom. The Hall–Kier alpha value is -3.38. The van der Waals surface area contributed by atoms with E-state index >= 15 is 0 Å². The van der Waals surface area contributed by atoms with Crippen LogP contribution in [0.15, 0.2) is 94.7 Å². The van der Waals surface area contributed by atoms with Crippen LogP contribution in [0.4, 0.5) is 0 Å². The van der Waals surface area contributed by atoms with Gasteiger partial charge in [0.15, 0.2) is 6.04 Å². The summed E-state index contributed by atoms with van der Waals surface area (Å²) in [5.74, 6) is -0.378. The molecule has 4 rings (SSSR count). The minimum Gasteiger partial charge on any atom is -0.458 e. The molecule has 0 aliphatic carbocycles. The van der Waals surface area contributed by atoms with Crippen molar-refractivity contribution >= 4 is 38.6 Å². The van der Waals surface area contributed by atoms with Gasteiger partial charge in [-0.3, -0.25) is 15.0 Å². The van der Waals surface area contributed by atoms with Gasteiger partial charge >= 0.3 is 5.97 Å². The first-order valence-electron chi connectivity index (χ1n) is 11.1. The number of rotatable bonds is 6. The second-order valence-electron chi connectivity index (χ2n) is 8.92. The van der Waals surface area contributed by atoms with Gasteiger partial charge in [0.25, 0.3) is 0 Å². The van der Waals surface area contributed by atoms with Crippen LogP contribution in [-0.4, -0.2) is 33.3 Å². The lowest BCUT2D eigenvalue weighted by Crippen LogP contribution is -2.33. The Labute approximate surface area is 208 Å². The van der Waals surface area contributed by atoms with E-state index in [0.717, 1.165) is 37.9 Å². The summed E-state index contributed by atoms with van der Waals surface area (Å²) in [7, 11) is 0. The summed E-state index contributed by atoms with van der Waals surface area (Å²) in [6, 6.07) is 22.9. The standard InChI is InChI=1S/C28H26BrN3O2/c1-28(2,3)34-27(33)23(18-21-14-15-22(29)26-25(21)30-16-17-31-26)32-24(19-10-6-4-7-11-19)20-12-8-5-9-13-20/h4-17,23H,18H2,1-3H3/t23-/m0/s1. The van der Waals surface area contributed by atoms with E-state index in [-0.39, 0.29) is 5.97 Å². The highest BCUT2D eigenvalue weighted by Gasteiger charge is 2.27. The summed E-state index contributed by atoms with van der Waals surface area (Å²) in [6.45, 7) is 5.59. The van der Waals surface area contributed by atoms with Crippen LogP contribution in [0.1, 0.15) is 37.5 Å². The van der Waals surface area contributed by atoms with Gasteiger partial charge in [-0.05, 0) is 48.3 Å². The second kappa shape index (κ2) is 10.3. The van der Waals surface area contributed by atoms with Crippen LogP contribution in [-0.2, 0) is 16.0 Å². The zero-order valence-electron chi connectivity index (χ0n) is 19.4. The van der Waals surface area contributed by atoms with Crippen LogP contribution in [0.5, 0.6) is 0 Å². The summed E-state index contributed by atoms with van der Waals surface area (Å²) >= 11 is 3.55. The number of aliphatic imine (C=N–C) groups is 1. The maximum atomic E-state index is 13.4. The second-order valence-corrected chi connectivity index (χ2v) is 9.78. The van der Waals surface area contributed by atoms with Crippen molar-refractivity contribution in [2.24, 2.45) is 4.99 Å². The fourth-order valence-corrected chi connectivity index (χ4v) is 4.09. The largest absolute Gasteiger partial charge is 0.458 e. The Kier molecular flexibility index (Phi) is 7.17. The monoisotopic (exact) mass is 515 g/mol. The summed E-state index contributed by atoms with van der Waals surface area (Å²) in [5, 5.41) is 0. The molecule has 5 nitrogen and oxygen atoms in total. The van der Waals surface area contributed by atoms with E-state index < -0.39 is 11.6 Å². The van der Waals surface area contributed by atoms with Gasteiger partial charge in [0.2, 0.25) is 0 Å². The lowest BCUT2D eigenvalue weighted by Gasteiger charge is -2.23. The molecule has 0 aliphatic heterocycles. The van der Waals surface area contributed by atoms with Crippen molar-refractivity contribution < 1.29 is 9.53 Å². The number of ether oxygens (including phenoxy) is 1. The van der Waals surface area contributed by atoms with Crippen LogP contribution < -0.4 is 0 Å². The van der Waals surface area contributed by atoms with Gasteiger partial charge in [-0.1, -0.05) is 66.7 Å². The minimum atomic E-state index is -0.763. The smallest absolute Gasteiger partial charge is 0.331 e. The van der Waals surface area contributed by atoms with Crippen LogP contribution in [0, 0.1) is 0 Å². The molecule has 4 aromatic rings. The van der Waals surface area contributed by atoms with Gasteiger partial charge in [-0.2, -0.15) is 0 Å². The predicted octanol–water partition coefficient (Wildman–Crippen LogP) is 6.18. The van der Waals surface area contributed by atoms with Gasteiger partial charge in [0, 0.05) is 34.4 Å². The van der Waals surface area contributed by atoms with Crippen LogP contribution >= 0.6 is 15.9 Å². The molecule has 172 valence electrons. The Morgan fingerprint density at radius 1 is 0.882 bits per heavy atom. The molecule has 1 atom stereocenters. The summed E-state index contributed by atoms with van der Waals surface area (Å²) in [5.41, 5.74) is 4.34. The third kappa shape index (κ3) is 5.75. The highest BCUT2D eigenvalue weighted by molar-refractivity contribution is 9.10. The fourth-order valence-electron chi connectivity index (χ4n) is 3.67. The van der Waals surface area contributed by atoms with E-state index in [2.05, 4.69) is 25.9 Å². The first kappa shape index (κ1) is 23.8. The quantitative estimate of drug-likeness (QED) is 0.227. The number of halogens is 1. The topological polar surface area (TPSA) is 64.4 Å². The molecule has 34 heavy (non-hydrogen) atoms. The molecular formula is C28H26BrN3O2. The summed E-state index contributed by atoms with van der Waals surface area (Å²) < 4.78 is 6.64. The number of fused-ring (bicyclic) bond motifs is 1. The SMILES string of the molecule is CC(C)(C)OC(=O)[C@H](Cc1ccc(Br)c2nccnc12)N=C(c1ccccc1)c1ccccc1. The van der Waals surface area contributed by atoms with Gasteiger partial charge < -0.3 is 4.74 Å². The average molecular weight is 516 g/mol. The molecule has 1 heterocycles. The highest BCUT2D eigenvalue weighted by atomic mass is 79.9. The minimum absolute atomic E-state index is 0.334. The average Bonchev–Trinajstić information content (AvgIpc) is 2.83. The maximum Gasteiger partial charge on any atom is 0.331 e. The Balaban J connectivity index is 1.83. The lowest BCUT2D eigenvalue weighted by molar-refractivity contribution is -0.156. The van der Waals surface area contributed by atoms with Crippen molar-refractivity contribution in [1.82, 2.24) is 9.97 Å². The molecule has 0 saturated heterocycles. The van der Waals surface area contributed by atoms with Crippen molar-refractivity contribution in [2.45, 2.75) is 38.8 Å². The molecule has 0 bridgehead atoms. The van der Waals surface area contributed by atoms with E-state index in [1.165, 1.54) is 0 Å². The van der Waals surface area contributed by atoms with Gasteiger partial charge in [-0.15, -0.1) is 0 Å². The molecule has 0 unspecified atom stereocenters. The highest BCUT2D eigenvalue weighted by Crippen LogP contribution is 2.26. The summed E-state index contributed by atoms with van der Waals surface area (Å²) in [6.07, 6.45) is 3.65. The molecule has 6 heteroatoms. The van der Waals surface area contributed by atoms with Gasteiger partial charge in [0.1, 0.15) is 11.1 Å². The number of benzene rings is 3. The van der Waals surface area contributed by atoms with Crippen molar-refractivity contribution in [1.29, 1.82) is 0 Å². The van der Waals surface area contributed by atoms with Crippen molar-refractivity contribution in [3.8, 4) is 0 Å². The van der Waals surface area contributed by atoms with E-state index in [1.807, 2.05) is 93.6 Å². The van der Waals surface area contributed by atoms with Crippen LogP contribution in [0.3, 0.4) is 0 Å². The third-order valence-electron chi connectivity index (χ3n) is 5.13. The Bertz CT molecular complexity index is 1270. The molecular weight excluding hydrogens is 490 g/mol. The molecule has 1 aromatic heterocycles. The number of carbonyl (C=O) groups is 1. The molecule has 0 N–H and O–H groups in total. The number of hydrogen-bond donors (Lipinski definition) is 0. The zero-order chi connectivity index (χ0) is 24.1. The van der Waals surface area contributed by atoms with E-state index in [4.69, 9.17) is 9.73 Å². The number of aromatic nitrogens is 2. The Morgan fingerprint density at radius 3 is 2.00 bits per heavy atom. The predicted molar refractivity (Wildman–Crippen MR) is 139 cm³/mol. The van der Waals surface area contributed by atoms with Crippen LogP contribution in [0.25, 0.3) is 11.0 Å². The first-order valence-corrected chi connectivity index (χ1v) is 11.9. The molecule has 0 fully saturated rings. The molecule has 0 spiro atoms. The summed E-state index contributed by atoms with van der Waals surface area (Å²) in [4.78, 5) is 27.4. The molecule has 0 aliphatic rings. The van der Waals surface area contributed by atoms with E-state index in [9.17, 15) is 4.79 Å². The number of nitrogens with zero attached hydrogens (tertiary/aromatic N) is 3. The molecule has 3 aromatic carbocycles. The van der Waals surface area contributed by atoms with Crippen molar-refractivity contribution in [2.75, 3.05) is 0 Å². The maximum absolute atomic E-state index is 13.4. The molecule has 0 amide bonds. The van der Waals surface area contributed by atoms with Crippen molar-refractivity contribution in [3.05, 3.63) is 106 Å². The normalized spacial score (nSPS) is 12.2. The van der Waals surface area contributed by atoms with Crippen LogP contribution in [0.2, 0.25) is 0 Å². The zero-order valence-corrected chi connectivity index (χ0v) is 21.0. The fraction of sp³-hybridized carbons (Fsp3) is 0.214. The lowest BCUT2D eigenvalue weighted by atomic mass is 10.00. The van der Waals surface area contributed by atoms with E-state index in [0.29, 0.717) is 6.42 Å². The van der Waals surface area contributed by atoms with Gasteiger partial charge in [0.05, 0.1) is 11.2 Å². The number of carbonyl (C=O) groups excluding carboxylic acids is 1. The number of esters is 1. The number of hydrogen-bond acceptors (Lipinski definition) is 5. The van der Waals surface area contributed by atoms with Gasteiger partial charge in [-0.25, -0.2) is 4.79 Å². The third-order valence-corrected chi connectivity index (χ3v) is 5.77. The first-order chi connectivity index (χ1) is 16.3. The van der Waals surface area contributed by atoms with E-state index in [1.54, 1.807) is 12.4 Å². The molecule has 0 radical (unpaired) electrons. The molecule has 0 saturated carbocycles. The van der Waals surface area contributed by atoms with Crippen molar-refractivity contribution in [3.63, 3.8) is 0 Å².